The third-order valence-corrected chi connectivity index (χ3v) is 4.27. The Morgan fingerprint density at radius 1 is 0.893 bits per heavy atom. The normalized spacial score (nSPS) is 10.3. The van der Waals surface area contributed by atoms with Gasteiger partial charge in [0.15, 0.2) is 0 Å². The van der Waals surface area contributed by atoms with E-state index in [0.717, 1.165) is 12.0 Å². The standard InChI is InChI=1S/C23H23N3O2/c24-22(25)20-7-4-8-21(16-20)28-14-13-26-23(27)19-11-9-18(10-12-19)15-17-5-2-1-3-6-17/h1-12,16H,13-15H2,(H3,24,25)(H,26,27). The number of nitrogens with two attached hydrogens (primary N) is 1. The zero-order chi connectivity index (χ0) is 19.8. The van der Waals surface area contributed by atoms with Gasteiger partial charge in [-0.15, -0.1) is 0 Å². The predicted octanol–water partition coefficient (Wildman–Crippen LogP) is 3.37. The molecule has 28 heavy (non-hydrogen) atoms. The van der Waals surface area contributed by atoms with Crippen molar-refractivity contribution in [2.75, 3.05) is 13.2 Å². The van der Waals surface area contributed by atoms with Crippen molar-refractivity contribution in [3.05, 3.63) is 101 Å². The monoisotopic (exact) mass is 373 g/mol. The molecule has 0 heterocycles. The van der Waals surface area contributed by atoms with Crippen molar-refractivity contribution in [3.8, 4) is 5.75 Å². The third-order valence-electron chi connectivity index (χ3n) is 4.27. The molecule has 0 saturated carbocycles. The number of hydrogen-bond acceptors (Lipinski definition) is 3. The van der Waals surface area contributed by atoms with Gasteiger partial charge in [-0.25, -0.2) is 0 Å². The van der Waals surface area contributed by atoms with Crippen LogP contribution in [-0.2, 0) is 6.42 Å². The first-order valence-electron chi connectivity index (χ1n) is 9.10. The summed E-state index contributed by atoms with van der Waals surface area (Å²) in [6.07, 6.45) is 0.843. The molecule has 3 rings (SSSR count). The maximum atomic E-state index is 12.3. The van der Waals surface area contributed by atoms with E-state index in [-0.39, 0.29) is 11.7 Å². The van der Waals surface area contributed by atoms with Crippen LogP contribution in [0.4, 0.5) is 0 Å². The summed E-state index contributed by atoms with van der Waals surface area (Å²) in [5.41, 5.74) is 9.10. The number of hydrogen-bond donors (Lipinski definition) is 3. The molecule has 1 amide bonds. The van der Waals surface area contributed by atoms with Crippen molar-refractivity contribution in [1.82, 2.24) is 5.32 Å². The first kappa shape index (κ1) is 19.2. The highest BCUT2D eigenvalue weighted by atomic mass is 16.5. The fourth-order valence-electron chi connectivity index (χ4n) is 2.79. The highest BCUT2D eigenvalue weighted by Gasteiger charge is 2.06. The fourth-order valence-corrected chi connectivity index (χ4v) is 2.79. The number of ether oxygens (including phenoxy) is 1. The minimum Gasteiger partial charge on any atom is -0.492 e. The average molecular weight is 373 g/mol. The molecule has 0 aromatic heterocycles. The maximum absolute atomic E-state index is 12.3. The smallest absolute Gasteiger partial charge is 0.251 e. The van der Waals surface area contributed by atoms with E-state index in [9.17, 15) is 4.79 Å². The molecule has 0 spiro atoms. The van der Waals surface area contributed by atoms with Gasteiger partial charge in [0.25, 0.3) is 5.91 Å². The summed E-state index contributed by atoms with van der Waals surface area (Å²) in [5.74, 6) is 0.481. The molecule has 0 aliphatic heterocycles. The van der Waals surface area contributed by atoms with Gasteiger partial charge in [0.05, 0.1) is 6.54 Å². The molecule has 3 aromatic carbocycles. The first-order chi connectivity index (χ1) is 13.6. The highest BCUT2D eigenvalue weighted by molar-refractivity contribution is 5.95. The Bertz CT molecular complexity index is 938. The van der Waals surface area contributed by atoms with Crippen LogP contribution in [-0.4, -0.2) is 24.9 Å². The van der Waals surface area contributed by atoms with Gasteiger partial charge < -0.3 is 15.8 Å². The lowest BCUT2D eigenvalue weighted by Crippen LogP contribution is -2.28. The Morgan fingerprint density at radius 3 is 2.32 bits per heavy atom. The fraction of sp³-hybridized carbons (Fsp3) is 0.130. The number of rotatable bonds is 8. The number of carbonyl (C=O) groups is 1. The van der Waals surface area contributed by atoms with Crippen molar-refractivity contribution >= 4 is 11.7 Å². The average Bonchev–Trinajstić information content (AvgIpc) is 2.72. The molecule has 0 saturated heterocycles. The van der Waals surface area contributed by atoms with Gasteiger partial charge in [0.2, 0.25) is 0 Å². The minimum absolute atomic E-state index is 0.00513. The van der Waals surface area contributed by atoms with Crippen molar-refractivity contribution in [1.29, 1.82) is 5.41 Å². The summed E-state index contributed by atoms with van der Waals surface area (Å²) in [7, 11) is 0. The van der Waals surface area contributed by atoms with E-state index in [0.29, 0.717) is 30.0 Å². The quantitative estimate of drug-likeness (QED) is 0.321. The molecule has 3 aromatic rings. The van der Waals surface area contributed by atoms with Gasteiger partial charge in [-0.1, -0.05) is 54.6 Å². The summed E-state index contributed by atoms with van der Waals surface area (Å²) in [6, 6.07) is 24.9. The molecule has 0 aliphatic rings. The minimum atomic E-state index is -0.132. The van der Waals surface area contributed by atoms with Gasteiger partial charge >= 0.3 is 0 Å². The third kappa shape index (κ3) is 5.45. The van der Waals surface area contributed by atoms with Gasteiger partial charge in [0.1, 0.15) is 18.2 Å². The second-order valence-electron chi connectivity index (χ2n) is 6.41. The van der Waals surface area contributed by atoms with Crippen molar-refractivity contribution in [2.45, 2.75) is 6.42 Å². The van der Waals surface area contributed by atoms with Crippen molar-refractivity contribution in [3.63, 3.8) is 0 Å². The number of nitrogen functional groups attached to an aromatic ring is 1. The topological polar surface area (TPSA) is 88.2 Å². The van der Waals surface area contributed by atoms with Crippen LogP contribution < -0.4 is 15.8 Å². The first-order valence-corrected chi connectivity index (χ1v) is 9.10. The van der Waals surface area contributed by atoms with E-state index < -0.39 is 0 Å². The lowest BCUT2D eigenvalue weighted by molar-refractivity contribution is 0.0947. The Kier molecular flexibility index (Phi) is 6.41. The lowest BCUT2D eigenvalue weighted by atomic mass is 10.0. The van der Waals surface area contributed by atoms with Crippen molar-refractivity contribution < 1.29 is 9.53 Å². The molecular formula is C23H23N3O2. The molecule has 0 atom stereocenters. The highest BCUT2D eigenvalue weighted by Crippen LogP contribution is 2.13. The second-order valence-corrected chi connectivity index (χ2v) is 6.41. The molecule has 0 bridgehead atoms. The largest absolute Gasteiger partial charge is 0.492 e. The Morgan fingerprint density at radius 2 is 1.61 bits per heavy atom. The van der Waals surface area contributed by atoms with Gasteiger partial charge in [0, 0.05) is 11.1 Å². The second kappa shape index (κ2) is 9.37. The lowest BCUT2D eigenvalue weighted by Gasteiger charge is -2.09. The molecule has 0 radical (unpaired) electrons. The zero-order valence-electron chi connectivity index (χ0n) is 15.5. The maximum Gasteiger partial charge on any atom is 0.251 e. The molecule has 5 nitrogen and oxygen atoms in total. The van der Waals surface area contributed by atoms with Gasteiger partial charge in [-0.2, -0.15) is 0 Å². The molecule has 4 N–H and O–H groups in total. The molecule has 0 fully saturated rings. The predicted molar refractivity (Wildman–Crippen MR) is 111 cm³/mol. The number of nitrogens with one attached hydrogen (secondary N) is 2. The molecule has 142 valence electrons. The van der Waals surface area contributed by atoms with Crippen LogP contribution in [0.5, 0.6) is 5.75 Å². The van der Waals surface area contributed by atoms with Crippen LogP contribution in [0, 0.1) is 5.41 Å². The Balaban J connectivity index is 1.46. The van der Waals surface area contributed by atoms with Crippen LogP contribution in [0.25, 0.3) is 0 Å². The SMILES string of the molecule is N=C(N)c1cccc(OCCNC(=O)c2ccc(Cc3ccccc3)cc2)c1. The van der Waals surface area contributed by atoms with E-state index in [4.69, 9.17) is 15.9 Å². The van der Waals surface area contributed by atoms with E-state index in [2.05, 4.69) is 17.4 Å². The van der Waals surface area contributed by atoms with Crippen LogP contribution in [0.15, 0.2) is 78.9 Å². The van der Waals surface area contributed by atoms with E-state index in [1.807, 2.05) is 42.5 Å². The van der Waals surface area contributed by atoms with E-state index in [1.165, 1.54) is 5.56 Å². The number of benzene rings is 3. The van der Waals surface area contributed by atoms with Crippen LogP contribution in [0.1, 0.15) is 27.0 Å². The van der Waals surface area contributed by atoms with Gasteiger partial charge in [-0.3, -0.25) is 10.2 Å². The summed E-state index contributed by atoms with van der Waals surface area (Å²) >= 11 is 0. The molecular weight excluding hydrogens is 350 g/mol. The molecule has 0 unspecified atom stereocenters. The summed E-state index contributed by atoms with van der Waals surface area (Å²) in [6.45, 7) is 0.716. The van der Waals surface area contributed by atoms with Crippen LogP contribution in [0.3, 0.4) is 0 Å². The number of amides is 1. The molecule has 0 aliphatic carbocycles. The van der Waals surface area contributed by atoms with Crippen molar-refractivity contribution in [2.24, 2.45) is 5.73 Å². The van der Waals surface area contributed by atoms with Crippen LogP contribution >= 0.6 is 0 Å². The zero-order valence-corrected chi connectivity index (χ0v) is 15.5. The summed E-state index contributed by atoms with van der Waals surface area (Å²) in [4.78, 5) is 12.3. The van der Waals surface area contributed by atoms with Gasteiger partial charge in [-0.05, 0) is 41.8 Å². The van der Waals surface area contributed by atoms with Crippen LogP contribution in [0.2, 0.25) is 0 Å². The summed E-state index contributed by atoms with van der Waals surface area (Å²) in [5, 5.41) is 10.3. The number of amidine groups is 1. The summed E-state index contributed by atoms with van der Waals surface area (Å²) < 4.78 is 5.60. The number of carbonyl (C=O) groups excluding carboxylic acids is 1. The van der Waals surface area contributed by atoms with E-state index >= 15 is 0 Å². The molecule has 5 heteroatoms. The Labute approximate surface area is 164 Å². The Hall–Kier alpha value is -3.60. The van der Waals surface area contributed by atoms with E-state index in [1.54, 1.807) is 24.3 Å².